The summed E-state index contributed by atoms with van der Waals surface area (Å²) < 4.78 is 5.81. The maximum Gasteiger partial charge on any atom is 0.217 e. The molecule has 1 aromatic rings. The van der Waals surface area contributed by atoms with Crippen molar-refractivity contribution < 1.29 is 9.53 Å². The summed E-state index contributed by atoms with van der Waals surface area (Å²) in [5.41, 5.74) is 1.17. The molecule has 3 nitrogen and oxygen atoms in total. The fraction of sp³-hybridized carbons (Fsp3) is 0.533. The lowest BCUT2D eigenvalue weighted by atomic mass is 9.86. The van der Waals surface area contributed by atoms with E-state index in [0.717, 1.165) is 19.3 Å². The van der Waals surface area contributed by atoms with E-state index in [1.54, 1.807) is 6.92 Å². The number of hydrogen-bond donors (Lipinski definition) is 1. The van der Waals surface area contributed by atoms with Gasteiger partial charge >= 0.3 is 0 Å². The molecule has 1 aromatic carbocycles. The second-order valence-corrected chi connectivity index (χ2v) is 5.38. The van der Waals surface area contributed by atoms with Crippen molar-refractivity contribution in [1.82, 2.24) is 5.32 Å². The molecule has 0 aliphatic carbocycles. The van der Waals surface area contributed by atoms with Crippen LogP contribution in [0.3, 0.4) is 0 Å². The van der Waals surface area contributed by atoms with Crippen molar-refractivity contribution in [3.63, 3.8) is 0 Å². The van der Waals surface area contributed by atoms with Gasteiger partial charge < -0.3 is 10.1 Å². The van der Waals surface area contributed by atoms with Crippen LogP contribution in [0.25, 0.3) is 0 Å². The first-order valence-electron chi connectivity index (χ1n) is 6.52. The highest BCUT2D eigenvalue weighted by Crippen LogP contribution is 2.26. The van der Waals surface area contributed by atoms with Gasteiger partial charge in [-0.05, 0) is 31.7 Å². The summed E-state index contributed by atoms with van der Waals surface area (Å²) in [6.45, 7) is 4.40. The third kappa shape index (κ3) is 3.57. The monoisotopic (exact) mass is 247 g/mol. The summed E-state index contributed by atoms with van der Waals surface area (Å²) in [5, 5.41) is 3.05. The largest absolute Gasteiger partial charge is 0.378 e. The average Bonchev–Trinajstić information content (AvgIpc) is 2.28. The van der Waals surface area contributed by atoms with Gasteiger partial charge in [0.2, 0.25) is 5.91 Å². The van der Waals surface area contributed by atoms with E-state index < -0.39 is 0 Å². The standard InChI is InChI=1S/C15H21NO2/c1-12(17)16-15(2)8-9-18-14(11-15)10-13-6-4-3-5-7-13/h3-7,14H,8-11H2,1-2H3,(H,16,17)/t14-,15+/m0/s1. The molecule has 0 unspecified atom stereocenters. The van der Waals surface area contributed by atoms with Crippen molar-refractivity contribution >= 4 is 5.91 Å². The molecule has 0 spiro atoms. The second-order valence-electron chi connectivity index (χ2n) is 5.38. The Morgan fingerprint density at radius 1 is 1.44 bits per heavy atom. The third-order valence-electron chi connectivity index (χ3n) is 3.47. The predicted octanol–water partition coefficient (Wildman–Crippen LogP) is 2.30. The Kier molecular flexibility index (Phi) is 4.02. The summed E-state index contributed by atoms with van der Waals surface area (Å²) in [6, 6.07) is 10.4. The smallest absolute Gasteiger partial charge is 0.217 e. The lowest BCUT2D eigenvalue weighted by Gasteiger charge is -2.38. The Morgan fingerprint density at radius 2 is 2.17 bits per heavy atom. The number of rotatable bonds is 3. The quantitative estimate of drug-likeness (QED) is 0.890. The number of amides is 1. The number of ether oxygens (including phenoxy) is 1. The van der Waals surface area contributed by atoms with Crippen molar-refractivity contribution in [1.29, 1.82) is 0 Å². The van der Waals surface area contributed by atoms with Crippen LogP contribution in [-0.2, 0) is 16.0 Å². The van der Waals surface area contributed by atoms with Crippen LogP contribution in [-0.4, -0.2) is 24.2 Å². The maximum absolute atomic E-state index is 11.2. The molecule has 1 heterocycles. The fourth-order valence-corrected chi connectivity index (χ4v) is 2.66. The summed E-state index contributed by atoms with van der Waals surface area (Å²) in [6.07, 6.45) is 2.87. The Labute approximate surface area is 109 Å². The number of carbonyl (C=O) groups is 1. The molecule has 1 N–H and O–H groups in total. The molecular weight excluding hydrogens is 226 g/mol. The van der Waals surface area contributed by atoms with Gasteiger partial charge in [-0.15, -0.1) is 0 Å². The molecule has 2 rings (SSSR count). The molecule has 0 aromatic heterocycles. The van der Waals surface area contributed by atoms with Crippen molar-refractivity contribution in [2.45, 2.75) is 44.8 Å². The number of nitrogens with one attached hydrogen (secondary N) is 1. The highest BCUT2D eigenvalue weighted by atomic mass is 16.5. The molecule has 1 saturated heterocycles. The molecule has 1 aliphatic heterocycles. The topological polar surface area (TPSA) is 38.3 Å². The minimum absolute atomic E-state index is 0.0397. The molecule has 2 atom stereocenters. The van der Waals surface area contributed by atoms with Crippen LogP contribution < -0.4 is 5.32 Å². The van der Waals surface area contributed by atoms with E-state index in [9.17, 15) is 4.79 Å². The van der Waals surface area contributed by atoms with Gasteiger partial charge in [-0.1, -0.05) is 30.3 Å². The van der Waals surface area contributed by atoms with E-state index in [1.165, 1.54) is 5.56 Å². The maximum atomic E-state index is 11.2. The van der Waals surface area contributed by atoms with E-state index in [0.29, 0.717) is 6.61 Å². The van der Waals surface area contributed by atoms with E-state index >= 15 is 0 Å². The van der Waals surface area contributed by atoms with Crippen LogP contribution in [0.2, 0.25) is 0 Å². The summed E-state index contributed by atoms with van der Waals surface area (Å²) in [7, 11) is 0. The zero-order valence-electron chi connectivity index (χ0n) is 11.1. The van der Waals surface area contributed by atoms with Crippen molar-refractivity contribution in [2.24, 2.45) is 0 Å². The van der Waals surface area contributed by atoms with Gasteiger partial charge in [-0.3, -0.25) is 4.79 Å². The summed E-state index contributed by atoms with van der Waals surface area (Å²) in [4.78, 5) is 11.2. The second kappa shape index (κ2) is 5.53. The first kappa shape index (κ1) is 13.1. The first-order chi connectivity index (χ1) is 8.57. The minimum atomic E-state index is -0.121. The first-order valence-corrected chi connectivity index (χ1v) is 6.52. The van der Waals surface area contributed by atoms with Gasteiger partial charge in [0.1, 0.15) is 0 Å². The van der Waals surface area contributed by atoms with Crippen LogP contribution in [0.4, 0.5) is 0 Å². The predicted molar refractivity (Wildman–Crippen MR) is 71.3 cm³/mol. The number of hydrogen-bond acceptors (Lipinski definition) is 2. The van der Waals surface area contributed by atoms with E-state index in [-0.39, 0.29) is 17.6 Å². The van der Waals surface area contributed by atoms with Crippen molar-refractivity contribution in [3.05, 3.63) is 35.9 Å². The van der Waals surface area contributed by atoms with Crippen LogP contribution in [0, 0.1) is 0 Å². The molecular formula is C15H21NO2. The van der Waals surface area contributed by atoms with Crippen molar-refractivity contribution in [2.75, 3.05) is 6.61 Å². The average molecular weight is 247 g/mol. The van der Waals surface area contributed by atoms with Crippen molar-refractivity contribution in [3.8, 4) is 0 Å². The van der Waals surface area contributed by atoms with Gasteiger partial charge in [0.25, 0.3) is 0 Å². The number of benzene rings is 1. The number of carbonyl (C=O) groups excluding carboxylic acids is 1. The molecule has 1 fully saturated rings. The van der Waals surface area contributed by atoms with E-state index in [4.69, 9.17) is 4.74 Å². The SMILES string of the molecule is CC(=O)N[C@]1(C)CCO[C@@H](Cc2ccccc2)C1. The molecule has 0 radical (unpaired) electrons. The summed E-state index contributed by atoms with van der Waals surface area (Å²) in [5.74, 6) is 0.0397. The molecule has 1 amide bonds. The van der Waals surface area contributed by atoms with E-state index in [2.05, 4.69) is 24.4 Å². The van der Waals surface area contributed by atoms with Gasteiger partial charge in [0.15, 0.2) is 0 Å². The Balaban J connectivity index is 1.96. The Bertz CT molecular complexity index is 404. The molecule has 3 heteroatoms. The molecule has 0 bridgehead atoms. The van der Waals surface area contributed by atoms with Crippen LogP contribution in [0.1, 0.15) is 32.3 Å². The zero-order valence-corrected chi connectivity index (χ0v) is 11.1. The highest BCUT2D eigenvalue weighted by Gasteiger charge is 2.33. The molecule has 1 aliphatic rings. The lowest BCUT2D eigenvalue weighted by molar-refractivity contribution is -0.122. The zero-order chi connectivity index (χ0) is 13.0. The third-order valence-corrected chi connectivity index (χ3v) is 3.47. The van der Waals surface area contributed by atoms with Gasteiger partial charge in [-0.25, -0.2) is 0 Å². The van der Waals surface area contributed by atoms with Crippen LogP contribution in [0.15, 0.2) is 30.3 Å². The van der Waals surface area contributed by atoms with Gasteiger partial charge in [-0.2, -0.15) is 0 Å². The van der Waals surface area contributed by atoms with Gasteiger partial charge in [0.05, 0.1) is 6.10 Å². The Hall–Kier alpha value is -1.35. The summed E-state index contributed by atoms with van der Waals surface area (Å²) >= 11 is 0. The highest BCUT2D eigenvalue weighted by molar-refractivity contribution is 5.73. The molecule has 18 heavy (non-hydrogen) atoms. The van der Waals surface area contributed by atoms with Crippen LogP contribution >= 0.6 is 0 Å². The Morgan fingerprint density at radius 3 is 2.83 bits per heavy atom. The van der Waals surface area contributed by atoms with Gasteiger partial charge in [0, 0.05) is 19.1 Å². The normalized spacial score (nSPS) is 27.8. The minimum Gasteiger partial charge on any atom is -0.378 e. The fourth-order valence-electron chi connectivity index (χ4n) is 2.66. The molecule has 0 saturated carbocycles. The molecule has 98 valence electrons. The van der Waals surface area contributed by atoms with Crippen LogP contribution in [0.5, 0.6) is 0 Å². The lowest BCUT2D eigenvalue weighted by Crippen LogP contribution is -2.51. The van der Waals surface area contributed by atoms with E-state index in [1.807, 2.05) is 18.2 Å².